The monoisotopic (exact) mass is 365 g/mol. The molecule has 1 aromatic carbocycles. The van der Waals surface area contributed by atoms with Crippen LogP contribution in [0.1, 0.15) is 43.5 Å². The van der Waals surface area contributed by atoms with Crippen molar-refractivity contribution in [1.29, 1.82) is 0 Å². The number of hydrogen-bond donors (Lipinski definition) is 0. The maximum atomic E-state index is 12.9. The Balaban J connectivity index is 2.74. The Hall–Kier alpha value is -2.08. The number of esters is 1. The number of methoxy groups -OCH3 is 2. The summed E-state index contributed by atoms with van der Waals surface area (Å²) in [5.41, 5.74) is 0.535. The summed E-state index contributed by atoms with van der Waals surface area (Å²) in [6.07, 6.45) is 2.84. The first-order valence-electron chi connectivity index (χ1n) is 9.12. The first-order chi connectivity index (χ1) is 12.5. The molecule has 0 N–H and O–H groups in total. The highest BCUT2D eigenvalue weighted by Gasteiger charge is 2.22. The van der Waals surface area contributed by atoms with Gasteiger partial charge < -0.3 is 19.1 Å². The Morgan fingerprint density at radius 3 is 2.54 bits per heavy atom. The molecule has 0 spiro atoms. The van der Waals surface area contributed by atoms with Crippen molar-refractivity contribution in [2.24, 2.45) is 5.92 Å². The van der Waals surface area contributed by atoms with Crippen LogP contribution < -0.4 is 4.74 Å². The zero-order chi connectivity index (χ0) is 19.4. The standard InChI is InChI=1S/C20H31NO5/c1-5-6-12-26-13-8-11-21(15-16(2)20(23)25-4)19(22)17-9-7-10-18(14-17)24-3/h7,9-10,14,16H,5-6,8,11-13,15H2,1-4H3. The van der Waals surface area contributed by atoms with E-state index < -0.39 is 5.92 Å². The van der Waals surface area contributed by atoms with Crippen LogP contribution in [-0.4, -0.2) is 57.3 Å². The van der Waals surface area contributed by atoms with Crippen LogP contribution in [-0.2, 0) is 14.3 Å². The molecule has 146 valence electrons. The third kappa shape index (κ3) is 7.44. The summed E-state index contributed by atoms with van der Waals surface area (Å²) in [5, 5.41) is 0. The molecule has 0 saturated heterocycles. The molecular formula is C20H31NO5. The van der Waals surface area contributed by atoms with Crippen LogP contribution in [0, 0.1) is 5.92 Å². The number of benzene rings is 1. The van der Waals surface area contributed by atoms with Gasteiger partial charge in [0.25, 0.3) is 5.91 Å². The molecule has 0 aliphatic rings. The predicted molar refractivity (Wildman–Crippen MR) is 100 cm³/mol. The Morgan fingerprint density at radius 2 is 1.88 bits per heavy atom. The normalized spacial score (nSPS) is 11.7. The topological polar surface area (TPSA) is 65.1 Å². The number of rotatable bonds is 12. The summed E-state index contributed by atoms with van der Waals surface area (Å²) in [5.74, 6) is -0.226. The lowest BCUT2D eigenvalue weighted by Gasteiger charge is -2.25. The second kappa shape index (κ2) is 12.3. The van der Waals surface area contributed by atoms with Gasteiger partial charge in [0.05, 0.1) is 20.1 Å². The molecule has 0 fully saturated rings. The van der Waals surface area contributed by atoms with Gasteiger partial charge in [-0.25, -0.2) is 0 Å². The van der Waals surface area contributed by atoms with E-state index in [1.165, 1.54) is 7.11 Å². The van der Waals surface area contributed by atoms with Gasteiger partial charge >= 0.3 is 5.97 Å². The van der Waals surface area contributed by atoms with E-state index in [1.54, 1.807) is 43.2 Å². The third-order valence-electron chi connectivity index (χ3n) is 4.06. The Labute approximate surface area is 156 Å². The summed E-state index contributed by atoms with van der Waals surface area (Å²) < 4.78 is 15.5. The van der Waals surface area contributed by atoms with Gasteiger partial charge in [-0.3, -0.25) is 9.59 Å². The van der Waals surface area contributed by atoms with Crippen LogP contribution in [0.15, 0.2) is 24.3 Å². The lowest BCUT2D eigenvalue weighted by atomic mass is 10.1. The second-order valence-electron chi connectivity index (χ2n) is 6.23. The molecule has 0 aliphatic heterocycles. The van der Waals surface area contributed by atoms with E-state index in [0.717, 1.165) is 19.4 Å². The van der Waals surface area contributed by atoms with Gasteiger partial charge in [0.15, 0.2) is 0 Å². The van der Waals surface area contributed by atoms with Crippen LogP contribution >= 0.6 is 0 Å². The molecule has 1 rings (SSSR count). The summed E-state index contributed by atoms with van der Waals surface area (Å²) in [6.45, 7) is 6.02. The first kappa shape index (κ1) is 22.0. The number of ether oxygens (including phenoxy) is 3. The van der Waals surface area contributed by atoms with Crippen molar-refractivity contribution in [3.8, 4) is 5.75 Å². The van der Waals surface area contributed by atoms with E-state index in [-0.39, 0.29) is 11.9 Å². The van der Waals surface area contributed by atoms with Gasteiger partial charge in [-0.05, 0) is 31.0 Å². The maximum absolute atomic E-state index is 12.9. The molecule has 1 atom stereocenters. The quantitative estimate of drug-likeness (QED) is 0.420. The molecule has 0 radical (unpaired) electrons. The molecule has 0 aliphatic carbocycles. The van der Waals surface area contributed by atoms with E-state index in [2.05, 4.69) is 6.92 Å². The van der Waals surface area contributed by atoms with E-state index in [0.29, 0.717) is 37.4 Å². The Morgan fingerprint density at radius 1 is 1.15 bits per heavy atom. The van der Waals surface area contributed by atoms with Crippen molar-refractivity contribution in [2.75, 3.05) is 40.5 Å². The lowest BCUT2D eigenvalue weighted by molar-refractivity contribution is -0.145. The molecule has 0 bridgehead atoms. The summed E-state index contributed by atoms with van der Waals surface area (Å²) in [6, 6.07) is 7.02. The van der Waals surface area contributed by atoms with Crippen molar-refractivity contribution in [3.05, 3.63) is 29.8 Å². The lowest BCUT2D eigenvalue weighted by Crippen LogP contribution is -2.38. The van der Waals surface area contributed by atoms with Crippen molar-refractivity contribution in [1.82, 2.24) is 4.90 Å². The molecule has 0 aromatic heterocycles. The van der Waals surface area contributed by atoms with E-state index in [1.807, 2.05) is 0 Å². The van der Waals surface area contributed by atoms with Gasteiger partial charge in [0.1, 0.15) is 5.75 Å². The summed E-state index contributed by atoms with van der Waals surface area (Å²) in [7, 11) is 2.92. The minimum Gasteiger partial charge on any atom is -0.497 e. The largest absolute Gasteiger partial charge is 0.497 e. The smallest absolute Gasteiger partial charge is 0.310 e. The van der Waals surface area contributed by atoms with Crippen molar-refractivity contribution < 1.29 is 23.8 Å². The van der Waals surface area contributed by atoms with Gasteiger partial charge in [0, 0.05) is 31.9 Å². The van der Waals surface area contributed by atoms with Gasteiger partial charge in [-0.1, -0.05) is 26.3 Å². The number of nitrogens with zero attached hydrogens (tertiary/aromatic N) is 1. The molecule has 26 heavy (non-hydrogen) atoms. The predicted octanol–water partition coefficient (Wildman–Crippen LogP) is 3.15. The van der Waals surface area contributed by atoms with Crippen LogP contribution in [0.5, 0.6) is 5.75 Å². The zero-order valence-corrected chi connectivity index (χ0v) is 16.3. The van der Waals surface area contributed by atoms with Crippen LogP contribution in [0.25, 0.3) is 0 Å². The van der Waals surface area contributed by atoms with Crippen LogP contribution in [0.2, 0.25) is 0 Å². The second-order valence-corrected chi connectivity index (χ2v) is 6.23. The molecule has 0 heterocycles. The highest BCUT2D eigenvalue weighted by atomic mass is 16.5. The number of carbonyl (C=O) groups excluding carboxylic acids is 2. The minimum atomic E-state index is -0.393. The number of amides is 1. The van der Waals surface area contributed by atoms with Gasteiger partial charge in [-0.15, -0.1) is 0 Å². The highest BCUT2D eigenvalue weighted by molar-refractivity contribution is 5.94. The highest BCUT2D eigenvalue weighted by Crippen LogP contribution is 2.16. The van der Waals surface area contributed by atoms with E-state index in [4.69, 9.17) is 14.2 Å². The van der Waals surface area contributed by atoms with E-state index >= 15 is 0 Å². The number of hydrogen-bond acceptors (Lipinski definition) is 5. The minimum absolute atomic E-state index is 0.131. The van der Waals surface area contributed by atoms with Crippen LogP contribution in [0.3, 0.4) is 0 Å². The van der Waals surface area contributed by atoms with E-state index in [9.17, 15) is 9.59 Å². The Bertz CT molecular complexity index is 561. The molecule has 1 amide bonds. The first-order valence-corrected chi connectivity index (χ1v) is 9.12. The van der Waals surface area contributed by atoms with Gasteiger partial charge in [0.2, 0.25) is 0 Å². The zero-order valence-electron chi connectivity index (χ0n) is 16.3. The Kier molecular flexibility index (Phi) is 10.4. The molecule has 1 unspecified atom stereocenters. The molecule has 6 nitrogen and oxygen atoms in total. The van der Waals surface area contributed by atoms with Crippen molar-refractivity contribution >= 4 is 11.9 Å². The van der Waals surface area contributed by atoms with Gasteiger partial charge in [-0.2, -0.15) is 0 Å². The molecule has 1 aromatic rings. The summed E-state index contributed by atoms with van der Waals surface area (Å²) in [4.78, 5) is 26.3. The van der Waals surface area contributed by atoms with Crippen molar-refractivity contribution in [2.45, 2.75) is 33.1 Å². The summed E-state index contributed by atoms with van der Waals surface area (Å²) >= 11 is 0. The maximum Gasteiger partial charge on any atom is 0.310 e. The SMILES string of the molecule is CCCCOCCCN(CC(C)C(=O)OC)C(=O)c1cccc(OC)c1. The average molecular weight is 365 g/mol. The molecule has 6 heteroatoms. The van der Waals surface area contributed by atoms with Crippen molar-refractivity contribution in [3.63, 3.8) is 0 Å². The fourth-order valence-corrected chi connectivity index (χ4v) is 2.53. The number of carbonyl (C=O) groups is 2. The fraction of sp³-hybridized carbons (Fsp3) is 0.600. The van der Waals surface area contributed by atoms with Crippen LogP contribution in [0.4, 0.5) is 0 Å². The number of unbranched alkanes of at least 4 members (excludes halogenated alkanes) is 1. The average Bonchev–Trinajstić information content (AvgIpc) is 2.68. The molecule has 0 saturated carbocycles. The fourth-order valence-electron chi connectivity index (χ4n) is 2.53. The molecular weight excluding hydrogens is 334 g/mol. The third-order valence-corrected chi connectivity index (χ3v) is 4.06.